The summed E-state index contributed by atoms with van der Waals surface area (Å²) in [5.41, 5.74) is 2.36. The number of nitrogens with one attached hydrogen (secondary N) is 1. The number of amides is 1. The van der Waals surface area contributed by atoms with Crippen LogP contribution in [0, 0.1) is 6.92 Å². The molecule has 29 heavy (non-hydrogen) atoms. The molecule has 0 aliphatic rings. The SMILES string of the molecule is Cc1cccc(-c2noc(-c3cccn4c(=O)n(CC(=O)NC(C)C)nc34)n2)c1. The highest BCUT2D eigenvalue weighted by molar-refractivity contribution is 5.76. The van der Waals surface area contributed by atoms with E-state index in [-0.39, 0.29) is 24.4 Å². The second kappa shape index (κ2) is 7.34. The summed E-state index contributed by atoms with van der Waals surface area (Å²) in [5, 5.41) is 11.1. The van der Waals surface area contributed by atoms with E-state index in [0.29, 0.717) is 17.0 Å². The lowest BCUT2D eigenvalue weighted by Crippen LogP contribution is -2.36. The van der Waals surface area contributed by atoms with Gasteiger partial charge in [-0.25, -0.2) is 13.9 Å². The highest BCUT2D eigenvalue weighted by Gasteiger charge is 2.18. The van der Waals surface area contributed by atoms with Crippen LogP contribution in [0.5, 0.6) is 0 Å². The fraction of sp³-hybridized carbons (Fsp3) is 0.250. The Labute approximate surface area is 166 Å². The first-order valence-electron chi connectivity index (χ1n) is 9.21. The molecule has 0 saturated heterocycles. The molecule has 0 atom stereocenters. The molecule has 4 rings (SSSR count). The van der Waals surface area contributed by atoms with E-state index in [1.54, 1.807) is 18.3 Å². The van der Waals surface area contributed by atoms with Crippen LogP contribution in [0.1, 0.15) is 19.4 Å². The summed E-state index contributed by atoms with van der Waals surface area (Å²) in [4.78, 5) is 29.1. The summed E-state index contributed by atoms with van der Waals surface area (Å²) >= 11 is 0. The fourth-order valence-corrected chi connectivity index (χ4v) is 3.05. The number of hydrogen-bond acceptors (Lipinski definition) is 6. The van der Waals surface area contributed by atoms with Gasteiger partial charge in [0.25, 0.3) is 5.89 Å². The number of aromatic nitrogens is 5. The third kappa shape index (κ3) is 3.66. The largest absolute Gasteiger partial charge is 0.352 e. The van der Waals surface area contributed by atoms with Crippen molar-refractivity contribution in [3.63, 3.8) is 0 Å². The molecule has 1 amide bonds. The zero-order chi connectivity index (χ0) is 20.5. The van der Waals surface area contributed by atoms with Crippen LogP contribution < -0.4 is 11.0 Å². The van der Waals surface area contributed by atoms with Crippen LogP contribution in [-0.2, 0) is 11.3 Å². The minimum Gasteiger partial charge on any atom is -0.352 e. The topological polar surface area (TPSA) is 107 Å². The lowest BCUT2D eigenvalue weighted by Gasteiger charge is -2.06. The Kier molecular flexibility index (Phi) is 4.71. The zero-order valence-electron chi connectivity index (χ0n) is 16.3. The molecule has 4 aromatic rings. The van der Waals surface area contributed by atoms with Crippen LogP contribution in [0.3, 0.4) is 0 Å². The maximum absolute atomic E-state index is 12.6. The maximum atomic E-state index is 12.6. The van der Waals surface area contributed by atoms with Crippen molar-refractivity contribution in [2.24, 2.45) is 0 Å². The van der Waals surface area contributed by atoms with Crippen LogP contribution >= 0.6 is 0 Å². The Balaban J connectivity index is 1.73. The van der Waals surface area contributed by atoms with Crippen LogP contribution in [-0.4, -0.2) is 36.3 Å². The van der Waals surface area contributed by atoms with Crippen molar-refractivity contribution >= 4 is 11.6 Å². The molecule has 0 unspecified atom stereocenters. The van der Waals surface area contributed by atoms with E-state index < -0.39 is 5.69 Å². The van der Waals surface area contributed by atoms with Gasteiger partial charge in [-0.3, -0.25) is 4.79 Å². The van der Waals surface area contributed by atoms with Crippen molar-refractivity contribution in [1.29, 1.82) is 0 Å². The maximum Gasteiger partial charge on any atom is 0.350 e. The molecule has 3 aromatic heterocycles. The van der Waals surface area contributed by atoms with E-state index in [0.717, 1.165) is 15.8 Å². The molecule has 0 aliphatic carbocycles. The quantitative estimate of drug-likeness (QED) is 0.557. The Morgan fingerprint density at radius 3 is 2.83 bits per heavy atom. The van der Waals surface area contributed by atoms with E-state index in [1.807, 2.05) is 45.0 Å². The molecule has 0 radical (unpaired) electrons. The predicted octanol–water partition coefficient (Wildman–Crippen LogP) is 2.05. The number of hydrogen-bond donors (Lipinski definition) is 1. The molecule has 3 heterocycles. The molecule has 1 aromatic carbocycles. The Morgan fingerprint density at radius 1 is 1.24 bits per heavy atom. The van der Waals surface area contributed by atoms with Gasteiger partial charge < -0.3 is 9.84 Å². The molecule has 1 N–H and O–H groups in total. The van der Waals surface area contributed by atoms with Crippen molar-refractivity contribution in [3.05, 3.63) is 58.6 Å². The van der Waals surface area contributed by atoms with Crippen molar-refractivity contribution in [1.82, 2.24) is 29.6 Å². The Bertz CT molecular complexity index is 1250. The summed E-state index contributed by atoms with van der Waals surface area (Å²) < 4.78 is 7.91. The standard InChI is InChI=1S/C20H20N6O3/c1-12(2)21-16(27)11-26-20(28)25-9-5-8-15(18(25)23-26)19-22-17(24-29-19)14-7-4-6-13(3)10-14/h4-10,12H,11H2,1-3H3,(H,21,27). The van der Waals surface area contributed by atoms with Crippen LogP contribution in [0.2, 0.25) is 0 Å². The van der Waals surface area contributed by atoms with Gasteiger partial charge in [-0.15, -0.1) is 5.10 Å². The number of nitrogens with zero attached hydrogens (tertiary/aromatic N) is 5. The first-order chi connectivity index (χ1) is 13.9. The second-order valence-electron chi connectivity index (χ2n) is 7.07. The number of pyridine rings is 1. The number of aryl methyl sites for hydroxylation is 1. The highest BCUT2D eigenvalue weighted by Crippen LogP contribution is 2.24. The van der Waals surface area contributed by atoms with E-state index in [2.05, 4.69) is 20.6 Å². The van der Waals surface area contributed by atoms with Gasteiger partial charge >= 0.3 is 5.69 Å². The smallest absolute Gasteiger partial charge is 0.350 e. The Hall–Kier alpha value is -3.75. The summed E-state index contributed by atoms with van der Waals surface area (Å²) in [6, 6.07) is 11.2. The van der Waals surface area contributed by atoms with Crippen LogP contribution in [0.25, 0.3) is 28.5 Å². The van der Waals surface area contributed by atoms with Gasteiger partial charge in [0.1, 0.15) is 6.54 Å². The van der Waals surface area contributed by atoms with Crippen LogP contribution in [0.15, 0.2) is 51.9 Å². The average molecular weight is 392 g/mol. The van der Waals surface area contributed by atoms with Gasteiger partial charge in [-0.2, -0.15) is 4.98 Å². The summed E-state index contributed by atoms with van der Waals surface area (Å²) in [5.74, 6) is 0.409. The molecule has 0 spiro atoms. The van der Waals surface area contributed by atoms with Gasteiger partial charge in [0, 0.05) is 17.8 Å². The van der Waals surface area contributed by atoms with Gasteiger partial charge in [-0.1, -0.05) is 28.9 Å². The molecule has 9 heteroatoms. The number of rotatable bonds is 5. The zero-order valence-corrected chi connectivity index (χ0v) is 16.3. The number of benzene rings is 1. The third-order valence-corrected chi connectivity index (χ3v) is 4.29. The second-order valence-corrected chi connectivity index (χ2v) is 7.07. The average Bonchev–Trinajstić information content (AvgIpc) is 3.27. The molecule has 0 bridgehead atoms. The molecule has 0 saturated carbocycles. The molecule has 148 valence electrons. The predicted molar refractivity (Wildman–Crippen MR) is 106 cm³/mol. The molecule has 0 aliphatic heterocycles. The molecule has 0 fully saturated rings. The van der Waals surface area contributed by atoms with Crippen LogP contribution in [0.4, 0.5) is 0 Å². The van der Waals surface area contributed by atoms with Gasteiger partial charge in [0.2, 0.25) is 11.7 Å². The van der Waals surface area contributed by atoms with E-state index >= 15 is 0 Å². The minimum atomic E-state index is -0.417. The minimum absolute atomic E-state index is 0.0239. The van der Waals surface area contributed by atoms with E-state index in [4.69, 9.17) is 4.52 Å². The summed E-state index contributed by atoms with van der Waals surface area (Å²) in [6.07, 6.45) is 1.59. The van der Waals surface area contributed by atoms with Crippen molar-refractivity contribution in [2.75, 3.05) is 0 Å². The summed E-state index contributed by atoms with van der Waals surface area (Å²) in [6.45, 7) is 5.52. The normalized spacial score (nSPS) is 11.3. The van der Waals surface area contributed by atoms with Crippen molar-refractivity contribution in [3.8, 4) is 22.8 Å². The van der Waals surface area contributed by atoms with Crippen molar-refractivity contribution < 1.29 is 9.32 Å². The molecular formula is C20H20N6O3. The lowest BCUT2D eigenvalue weighted by atomic mass is 10.1. The van der Waals surface area contributed by atoms with E-state index in [1.165, 1.54) is 4.40 Å². The molecule has 9 nitrogen and oxygen atoms in total. The van der Waals surface area contributed by atoms with Gasteiger partial charge in [0.05, 0.1) is 5.56 Å². The highest BCUT2D eigenvalue weighted by atomic mass is 16.5. The Morgan fingerprint density at radius 2 is 2.07 bits per heavy atom. The summed E-state index contributed by atoms with van der Waals surface area (Å²) in [7, 11) is 0. The molecular weight excluding hydrogens is 372 g/mol. The number of carbonyl (C=O) groups excluding carboxylic acids is 1. The first kappa shape index (κ1) is 18.6. The van der Waals surface area contributed by atoms with Crippen molar-refractivity contribution in [2.45, 2.75) is 33.4 Å². The lowest BCUT2D eigenvalue weighted by molar-refractivity contribution is -0.122. The number of carbonyl (C=O) groups is 1. The van der Waals surface area contributed by atoms with E-state index in [9.17, 15) is 9.59 Å². The fourth-order valence-electron chi connectivity index (χ4n) is 3.05. The number of fused-ring (bicyclic) bond motifs is 1. The van der Waals surface area contributed by atoms with Gasteiger partial charge in [0.15, 0.2) is 5.65 Å². The van der Waals surface area contributed by atoms with Gasteiger partial charge in [-0.05, 0) is 39.0 Å². The first-order valence-corrected chi connectivity index (χ1v) is 9.21. The third-order valence-electron chi connectivity index (χ3n) is 4.29. The monoisotopic (exact) mass is 392 g/mol.